The summed E-state index contributed by atoms with van der Waals surface area (Å²) in [6.07, 6.45) is 1.05. The van der Waals surface area contributed by atoms with Crippen LogP contribution in [0.25, 0.3) is 32.9 Å². The van der Waals surface area contributed by atoms with Crippen LogP contribution in [0.2, 0.25) is 0 Å². The van der Waals surface area contributed by atoms with Gasteiger partial charge >= 0.3 is 0 Å². The molecule has 0 aliphatic carbocycles. The van der Waals surface area contributed by atoms with Crippen LogP contribution in [0.15, 0.2) is 48.5 Å². The lowest BCUT2D eigenvalue weighted by Crippen LogP contribution is -2.11. The molecule has 0 aliphatic rings. The van der Waals surface area contributed by atoms with Crippen molar-refractivity contribution >= 4 is 21.7 Å². The number of fused-ring (bicyclic) bond motifs is 3. The van der Waals surface area contributed by atoms with Crippen molar-refractivity contribution in [2.24, 2.45) is 5.92 Å². The van der Waals surface area contributed by atoms with Crippen LogP contribution in [0.1, 0.15) is 76.9 Å². The standard InChI is InChI=1S/C30H36N2/c1-18(2)14-22-11-9-10-21-12-13-25-27(31-29(19(3)4)32-28(25)26(21)22)23-15-20(5)16-24(17-23)30(6,7)8/h9-13,15-19H,14H2,1-8H3. The van der Waals surface area contributed by atoms with Crippen molar-refractivity contribution in [3.63, 3.8) is 0 Å². The van der Waals surface area contributed by atoms with Crippen LogP contribution in [-0.4, -0.2) is 9.97 Å². The quantitative estimate of drug-likeness (QED) is 0.307. The average Bonchev–Trinajstić information content (AvgIpc) is 2.71. The van der Waals surface area contributed by atoms with E-state index in [-0.39, 0.29) is 11.3 Å². The maximum atomic E-state index is 5.14. The van der Waals surface area contributed by atoms with Crippen molar-refractivity contribution in [1.29, 1.82) is 0 Å². The monoisotopic (exact) mass is 424 g/mol. The van der Waals surface area contributed by atoms with Crippen LogP contribution in [0.4, 0.5) is 0 Å². The van der Waals surface area contributed by atoms with Gasteiger partial charge in [0.1, 0.15) is 5.82 Å². The van der Waals surface area contributed by atoms with E-state index < -0.39 is 0 Å². The highest BCUT2D eigenvalue weighted by Crippen LogP contribution is 2.36. The van der Waals surface area contributed by atoms with Gasteiger partial charge in [-0.05, 0) is 59.4 Å². The highest BCUT2D eigenvalue weighted by molar-refractivity contribution is 6.10. The highest BCUT2D eigenvalue weighted by Gasteiger charge is 2.19. The molecule has 166 valence electrons. The Kier molecular flexibility index (Phi) is 5.83. The number of aromatic nitrogens is 2. The minimum Gasteiger partial charge on any atom is -0.232 e. The smallest absolute Gasteiger partial charge is 0.132 e. The molecule has 2 heteroatoms. The number of aryl methyl sites for hydroxylation is 1. The van der Waals surface area contributed by atoms with E-state index in [2.05, 4.69) is 104 Å². The van der Waals surface area contributed by atoms with Crippen LogP contribution >= 0.6 is 0 Å². The highest BCUT2D eigenvalue weighted by atomic mass is 14.9. The van der Waals surface area contributed by atoms with E-state index in [1.54, 1.807) is 0 Å². The van der Waals surface area contributed by atoms with Gasteiger partial charge in [0.2, 0.25) is 0 Å². The van der Waals surface area contributed by atoms with Gasteiger partial charge < -0.3 is 0 Å². The molecular formula is C30H36N2. The van der Waals surface area contributed by atoms with E-state index in [1.165, 1.54) is 33.0 Å². The van der Waals surface area contributed by atoms with Crippen LogP contribution in [0, 0.1) is 12.8 Å². The summed E-state index contributed by atoms with van der Waals surface area (Å²) >= 11 is 0. The number of benzene rings is 3. The van der Waals surface area contributed by atoms with E-state index in [0.717, 1.165) is 28.8 Å². The Balaban J connectivity index is 2.11. The first-order valence-electron chi connectivity index (χ1n) is 11.9. The van der Waals surface area contributed by atoms with Crippen molar-refractivity contribution < 1.29 is 0 Å². The molecular weight excluding hydrogens is 388 g/mol. The number of hydrogen-bond donors (Lipinski definition) is 0. The molecule has 4 aromatic rings. The van der Waals surface area contributed by atoms with Crippen LogP contribution in [0.3, 0.4) is 0 Å². The minimum absolute atomic E-state index is 0.0849. The molecule has 0 saturated carbocycles. The maximum Gasteiger partial charge on any atom is 0.132 e. The van der Waals surface area contributed by atoms with Gasteiger partial charge in [0.05, 0.1) is 11.2 Å². The van der Waals surface area contributed by atoms with Crippen molar-refractivity contribution in [3.8, 4) is 11.3 Å². The Labute approximate surface area is 193 Å². The summed E-state index contributed by atoms with van der Waals surface area (Å²) in [6.45, 7) is 17.9. The minimum atomic E-state index is 0.0849. The molecule has 0 saturated heterocycles. The molecule has 1 heterocycles. The maximum absolute atomic E-state index is 5.14. The molecule has 3 aromatic carbocycles. The Hall–Kier alpha value is -2.74. The number of rotatable bonds is 4. The second-order valence-electron chi connectivity index (χ2n) is 11.0. The zero-order valence-corrected chi connectivity index (χ0v) is 20.9. The lowest BCUT2D eigenvalue weighted by atomic mass is 9.84. The van der Waals surface area contributed by atoms with Gasteiger partial charge in [-0.2, -0.15) is 0 Å². The normalized spacial score (nSPS) is 12.4. The van der Waals surface area contributed by atoms with Crippen molar-refractivity contribution in [2.45, 2.75) is 73.1 Å². The molecule has 32 heavy (non-hydrogen) atoms. The molecule has 0 fully saturated rings. The molecule has 0 radical (unpaired) electrons. The van der Waals surface area contributed by atoms with E-state index >= 15 is 0 Å². The summed E-state index contributed by atoms with van der Waals surface area (Å²) in [6, 6.07) is 18.0. The molecule has 0 atom stereocenters. The van der Waals surface area contributed by atoms with Crippen molar-refractivity contribution in [2.75, 3.05) is 0 Å². The van der Waals surface area contributed by atoms with E-state index in [0.29, 0.717) is 5.92 Å². The molecule has 0 N–H and O–H groups in total. The van der Waals surface area contributed by atoms with Crippen LogP contribution in [0.5, 0.6) is 0 Å². The van der Waals surface area contributed by atoms with Gasteiger partial charge in [-0.15, -0.1) is 0 Å². The summed E-state index contributed by atoms with van der Waals surface area (Å²) in [7, 11) is 0. The summed E-state index contributed by atoms with van der Waals surface area (Å²) < 4.78 is 0. The Morgan fingerprint density at radius 3 is 2.28 bits per heavy atom. The van der Waals surface area contributed by atoms with E-state index in [1.807, 2.05) is 0 Å². The van der Waals surface area contributed by atoms with Gasteiger partial charge in [-0.1, -0.05) is 84.4 Å². The van der Waals surface area contributed by atoms with Crippen LogP contribution in [-0.2, 0) is 11.8 Å². The zero-order valence-electron chi connectivity index (χ0n) is 20.9. The molecule has 0 aliphatic heterocycles. The fourth-order valence-corrected chi connectivity index (χ4v) is 4.50. The van der Waals surface area contributed by atoms with Crippen molar-refractivity contribution in [1.82, 2.24) is 9.97 Å². The molecule has 0 amide bonds. The lowest BCUT2D eigenvalue weighted by molar-refractivity contribution is 0.590. The number of hydrogen-bond acceptors (Lipinski definition) is 2. The van der Waals surface area contributed by atoms with Gasteiger partial charge in [-0.3, -0.25) is 0 Å². The second-order valence-corrected chi connectivity index (χ2v) is 11.0. The molecule has 2 nitrogen and oxygen atoms in total. The third-order valence-corrected chi connectivity index (χ3v) is 6.17. The first-order valence-corrected chi connectivity index (χ1v) is 11.9. The third-order valence-electron chi connectivity index (χ3n) is 6.17. The summed E-state index contributed by atoms with van der Waals surface area (Å²) in [5.41, 5.74) is 7.40. The largest absolute Gasteiger partial charge is 0.232 e. The summed E-state index contributed by atoms with van der Waals surface area (Å²) in [4.78, 5) is 10.3. The fourth-order valence-electron chi connectivity index (χ4n) is 4.50. The Morgan fingerprint density at radius 1 is 0.875 bits per heavy atom. The first kappa shape index (κ1) is 22.5. The molecule has 0 bridgehead atoms. The third kappa shape index (κ3) is 4.28. The van der Waals surface area contributed by atoms with Crippen LogP contribution < -0.4 is 0 Å². The Morgan fingerprint density at radius 2 is 1.62 bits per heavy atom. The molecule has 1 aromatic heterocycles. The second kappa shape index (κ2) is 8.31. The predicted molar refractivity (Wildman–Crippen MR) is 139 cm³/mol. The van der Waals surface area contributed by atoms with E-state index in [9.17, 15) is 0 Å². The lowest BCUT2D eigenvalue weighted by Gasteiger charge is -2.21. The SMILES string of the molecule is Cc1cc(-c2nc(C(C)C)nc3c2ccc2cccc(CC(C)C)c23)cc(C(C)(C)C)c1. The first-order chi connectivity index (χ1) is 15.0. The van der Waals surface area contributed by atoms with Gasteiger partial charge in [-0.25, -0.2) is 9.97 Å². The fraction of sp³-hybridized carbons (Fsp3) is 0.400. The Bertz CT molecular complexity index is 1290. The summed E-state index contributed by atoms with van der Waals surface area (Å²) in [5, 5.41) is 3.69. The number of nitrogens with zero attached hydrogens (tertiary/aromatic N) is 2. The predicted octanol–water partition coefficient (Wildman–Crippen LogP) is 8.38. The van der Waals surface area contributed by atoms with Gasteiger partial charge in [0.15, 0.2) is 0 Å². The van der Waals surface area contributed by atoms with Gasteiger partial charge in [0, 0.05) is 22.3 Å². The zero-order chi connectivity index (χ0) is 23.2. The summed E-state index contributed by atoms with van der Waals surface area (Å²) in [5.74, 6) is 1.77. The van der Waals surface area contributed by atoms with Gasteiger partial charge in [0.25, 0.3) is 0 Å². The topological polar surface area (TPSA) is 25.8 Å². The van der Waals surface area contributed by atoms with Crippen molar-refractivity contribution in [3.05, 3.63) is 71.0 Å². The molecule has 4 rings (SSSR count). The molecule has 0 spiro atoms. The van der Waals surface area contributed by atoms with E-state index in [4.69, 9.17) is 9.97 Å². The average molecular weight is 425 g/mol. The molecule has 0 unspecified atom stereocenters.